The number of hydrogen-bond acceptors (Lipinski definition) is 5. The van der Waals surface area contributed by atoms with Crippen LogP contribution >= 0.6 is 0 Å². The number of carbonyl (C=O) groups is 1. The van der Waals surface area contributed by atoms with Crippen LogP contribution < -0.4 is 24.3 Å². The van der Waals surface area contributed by atoms with E-state index >= 15 is 0 Å². The first-order valence-electron chi connectivity index (χ1n) is 8.48. The second-order valence-electron chi connectivity index (χ2n) is 5.46. The number of hydrogen-bond donors (Lipinski definition) is 1. The van der Waals surface area contributed by atoms with Gasteiger partial charge in [-0.25, -0.2) is 0 Å². The molecule has 136 valence electrons. The fraction of sp³-hybridized carbons (Fsp3) is 0.250. The van der Waals surface area contributed by atoms with E-state index in [1.54, 1.807) is 24.3 Å². The molecule has 0 bridgehead atoms. The first kappa shape index (κ1) is 17.7. The second-order valence-corrected chi connectivity index (χ2v) is 5.46. The molecule has 3 rings (SSSR count). The van der Waals surface area contributed by atoms with Gasteiger partial charge >= 0.3 is 0 Å². The molecule has 6 heteroatoms. The maximum Gasteiger partial charge on any atom is 0.248 e. The van der Waals surface area contributed by atoms with Crippen molar-refractivity contribution >= 4 is 17.7 Å². The van der Waals surface area contributed by atoms with E-state index < -0.39 is 0 Å². The summed E-state index contributed by atoms with van der Waals surface area (Å²) in [6, 6.07) is 10.8. The number of amides is 1. The summed E-state index contributed by atoms with van der Waals surface area (Å²) in [5.41, 5.74) is 1.49. The largest absolute Gasteiger partial charge is 0.490 e. The van der Waals surface area contributed by atoms with Crippen molar-refractivity contribution in [3.63, 3.8) is 0 Å². The van der Waals surface area contributed by atoms with Crippen LogP contribution in [-0.2, 0) is 4.79 Å². The van der Waals surface area contributed by atoms with Crippen molar-refractivity contribution in [1.82, 2.24) is 0 Å². The van der Waals surface area contributed by atoms with Crippen molar-refractivity contribution in [1.29, 1.82) is 0 Å². The summed E-state index contributed by atoms with van der Waals surface area (Å²) in [6.45, 7) is 5.14. The Kier molecular flexibility index (Phi) is 5.63. The smallest absolute Gasteiger partial charge is 0.248 e. The van der Waals surface area contributed by atoms with Gasteiger partial charge in [-0.3, -0.25) is 4.79 Å². The van der Waals surface area contributed by atoms with Crippen LogP contribution in [-0.4, -0.2) is 25.9 Å². The van der Waals surface area contributed by atoms with Crippen molar-refractivity contribution in [3.8, 4) is 23.0 Å². The van der Waals surface area contributed by atoms with Gasteiger partial charge in [-0.15, -0.1) is 0 Å². The molecule has 1 amide bonds. The van der Waals surface area contributed by atoms with E-state index in [2.05, 4.69) is 5.32 Å². The molecule has 2 aromatic rings. The van der Waals surface area contributed by atoms with E-state index in [-0.39, 0.29) is 12.7 Å². The summed E-state index contributed by atoms with van der Waals surface area (Å²) in [7, 11) is 0. The van der Waals surface area contributed by atoms with Crippen molar-refractivity contribution in [2.24, 2.45) is 0 Å². The summed E-state index contributed by atoms with van der Waals surface area (Å²) in [4.78, 5) is 12.1. The molecule has 0 radical (unpaired) electrons. The highest BCUT2D eigenvalue weighted by molar-refractivity contribution is 6.02. The summed E-state index contributed by atoms with van der Waals surface area (Å²) in [5.74, 6) is 2.41. The molecular weight excluding hydrogens is 334 g/mol. The minimum Gasteiger partial charge on any atom is -0.490 e. The Bertz CT molecular complexity index is 816. The van der Waals surface area contributed by atoms with Gasteiger partial charge in [-0.2, -0.15) is 0 Å². The fourth-order valence-corrected chi connectivity index (χ4v) is 2.50. The van der Waals surface area contributed by atoms with Crippen LogP contribution in [0.1, 0.15) is 19.4 Å². The normalized spacial score (nSPS) is 12.2. The molecule has 1 heterocycles. The Hall–Kier alpha value is -3.15. The lowest BCUT2D eigenvalue weighted by Crippen LogP contribution is -2.07. The number of carbonyl (C=O) groups excluding carboxylic acids is 1. The standard InChI is InChI=1S/C20H21NO5/c1-3-23-16-8-5-14(11-18(16)24-4-2)6-10-20(22)21-15-7-9-17-19(12-15)26-13-25-17/h5-12H,3-4,13H2,1-2H3,(H,21,22). The number of fused-ring (bicyclic) bond motifs is 1. The van der Waals surface area contributed by atoms with Gasteiger partial charge in [0.25, 0.3) is 0 Å². The first-order valence-corrected chi connectivity index (χ1v) is 8.48. The van der Waals surface area contributed by atoms with Crippen LogP contribution in [0.25, 0.3) is 6.08 Å². The average molecular weight is 355 g/mol. The predicted molar refractivity (Wildman–Crippen MR) is 99.0 cm³/mol. The SMILES string of the molecule is CCOc1ccc(C=CC(=O)Nc2ccc3c(c2)OCO3)cc1OCC. The van der Waals surface area contributed by atoms with Crippen molar-refractivity contribution in [2.45, 2.75) is 13.8 Å². The molecule has 1 N–H and O–H groups in total. The third kappa shape index (κ3) is 4.27. The molecule has 26 heavy (non-hydrogen) atoms. The van der Waals surface area contributed by atoms with Crippen LogP contribution in [0, 0.1) is 0 Å². The van der Waals surface area contributed by atoms with Crippen LogP contribution in [0.5, 0.6) is 23.0 Å². The first-order chi connectivity index (χ1) is 12.7. The zero-order valence-corrected chi connectivity index (χ0v) is 14.8. The number of anilines is 1. The van der Waals surface area contributed by atoms with Gasteiger partial charge in [0.1, 0.15) is 0 Å². The van der Waals surface area contributed by atoms with Gasteiger partial charge in [-0.1, -0.05) is 6.07 Å². The third-order valence-electron chi connectivity index (χ3n) is 3.63. The Morgan fingerprint density at radius 1 is 1.04 bits per heavy atom. The van der Waals surface area contributed by atoms with Gasteiger partial charge in [-0.05, 0) is 49.8 Å². The highest BCUT2D eigenvalue weighted by Crippen LogP contribution is 2.34. The lowest BCUT2D eigenvalue weighted by Gasteiger charge is -2.11. The highest BCUT2D eigenvalue weighted by atomic mass is 16.7. The molecule has 0 saturated carbocycles. The Morgan fingerprint density at radius 3 is 2.62 bits per heavy atom. The summed E-state index contributed by atoms with van der Waals surface area (Å²) >= 11 is 0. The maximum absolute atomic E-state index is 12.1. The molecule has 0 spiro atoms. The van der Waals surface area contributed by atoms with Crippen LogP contribution in [0.3, 0.4) is 0 Å². The number of nitrogens with one attached hydrogen (secondary N) is 1. The fourth-order valence-electron chi connectivity index (χ4n) is 2.50. The minimum absolute atomic E-state index is 0.201. The molecule has 1 aliphatic rings. The summed E-state index contributed by atoms with van der Waals surface area (Å²) in [5, 5.41) is 2.80. The molecule has 0 aliphatic carbocycles. The Balaban J connectivity index is 1.66. The zero-order chi connectivity index (χ0) is 18.4. The van der Waals surface area contributed by atoms with Gasteiger partial charge in [0.2, 0.25) is 12.7 Å². The van der Waals surface area contributed by atoms with E-state index in [4.69, 9.17) is 18.9 Å². The summed E-state index contributed by atoms with van der Waals surface area (Å²) < 4.78 is 21.7. The second kappa shape index (κ2) is 8.29. The minimum atomic E-state index is -0.240. The van der Waals surface area contributed by atoms with Crippen molar-refractivity contribution in [2.75, 3.05) is 25.3 Å². The highest BCUT2D eigenvalue weighted by Gasteiger charge is 2.13. The van der Waals surface area contributed by atoms with Gasteiger partial charge < -0.3 is 24.3 Å². The number of benzene rings is 2. The van der Waals surface area contributed by atoms with E-state index in [0.29, 0.717) is 41.9 Å². The molecule has 0 saturated heterocycles. The van der Waals surface area contributed by atoms with Gasteiger partial charge in [0.05, 0.1) is 13.2 Å². The molecule has 0 fully saturated rings. The molecule has 0 unspecified atom stereocenters. The molecule has 1 aliphatic heterocycles. The number of ether oxygens (including phenoxy) is 4. The Labute approximate surface area is 152 Å². The monoisotopic (exact) mass is 355 g/mol. The quantitative estimate of drug-likeness (QED) is 0.764. The van der Waals surface area contributed by atoms with E-state index in [1.165, 1.54) is 6.08 Å². The molecule has 2 aromatic carbocycles. The van der Waals surface area contributed by atoms with E-state index in [9.17, 15) is 4.79 Å². The maximum atomic E-state index is 12.1. The topological polar surface area (TPSA) is 66.0 Å². The van der Waals surface area contributed by atoms with Gasteiger partial charge in [0, 0.05) is 17.8 Å². The van der Waals surface area contributed by atoms with E-state index in [0.717, 1.165) is 5.56 Å². The molecule has 0 aromatic heterocycles. The molecule has 0 atom stereocenters. The lowest BCUT2D eigenvalue weighted by atomic mass is 10.2. The Morgan fingerprint density at radius 2 is 1.81 bits per heavy atom. The third-order valence-corrected chi connectivity index (χ3v) is 3.63. The van der Waals surface area contributed by atoms with E-state index in [1.807, 2.05) is 32.0 Å². The average Bonchev–Trinajstić information content (AvgIpc) is 3.10. The summed E-state index contributed by atoms with van der Waals surface area (Å²) in [6.07, 6.45) is 3.19. The molecular formula is C20H21NO5. The van der Waals surface area contributed by atoms with Crippen LogP contribution in [0.15, 0.2) is 42.5 Å². The lowest BCUT2D eigenvalue weighted by molar-refractivity contribution is -0.111. The van der Waals surface area contributed by atoms with Crippen molar-refractivity contribution < 1.29 is 23.7 Å². The van der Waals surface area contributed by atoms with Gasteiger partial charge in [0.15, 0.2) is 23.0 Å². The predicted octanol–water partition coefficient (Wildman–Crippen LogP) is 3.86. The molecule has 6 nitrogen and oxygen atoms in total. The van der Waals surface area contributed by atoms with Crippen LogP contribution in [0.4, 0.5) is 5.69 Å². The zero-order valence-electron chi connectivity index (χ0n) is 14.8. The van der Waals surface area contributed by atoms with Crippen molar-refractivity contribution in [3.05, 3.63) is 48.0 Å². The number of rotatable bonds is 7. The van der Waals surface area contributed by atoms with Crippen LogP contribution in [0.2, 0.25) is 0 Å².